The van der Waals surface area contributed by atoms with Crippen LogP contribution in [0.25, 0.3) is 0 Å². The van der Waals surface area contributed by atoms with Gasteiger partial charge in [0.15, 0.2) is 5.13 Å². The van der Waals surface area contributed by atoms with Crippen LogP contribution in [0.5, 0.6) is 0 Å². The summed E-state index contributed by atoms with van der Waals surface area (Å²) in [4.78, 5) is 40.3. The van der Waals surface area contributed by atoms with Crippen LogP contribution >= 0.6 is 11.3 Å². The quantitative estimate of drug-likeness (QED) is 0.199. The summed E-state index contributed by atoms with van der Waals surface area (Å²) in [6, 6.07) is 5.71. The molecule has 1 atom stereocenters. The number of amides is 1. The average Bonchev–Trinajstić information content (AvgIpc) is 3.14. The molecule has 180 valence electrons. The molecular weight excluding hydrogens is 452 g/mol. The number of esters is 1. The minimum Gasteiger partial charge on any atom is -0.480 e. The Bertz CT molecular complexity index is 933. The first kappa shape index (κ1) is 26.2. The second-order valence-electron chi connectivity index (χ2n) is 6.79. The maximum atomic E-state index is 12.2. The minimum absolute atomic E-state index is 0.114. The molecule has 12 heteroatoms. The van der Waals surface area contributed by atoms with E-state index in [2.05, 4.69) is 20.9 Å². The molecule has 5 N–H and O–H groups in total. The molecule has 0 aliphatic carbocycles. The number of aliphatic carboxylic acids is 1. The molecule has 0 aliphatic heterocycles. The number of nitrogens with one attached hydrogen (secondary N) is 3. The summed E-state index contributed by atoms with van der Waals surface area (Å²) in [6.45, 7) is 4.26. The van der Waals surface area contributed by atoms with Crippen molar-refractivity contribution >= 4 is 45.7 Å². The van der Waals surface area contributed by atoms with Crippen LogP contribution < -0.4 is 16.0 Å². The number of aliphatic hydroxyl groups excluding tert-OH is 1. The smallest absolute Gasteiger partial charge is 0.350 e. The molecular formula is C21H28N4O7S. The first-order valence-electron chi connectivity index (χ1n) is 10.3. The Kier molecular flexibility index (Phi) is 10.7. The molecule has 0 saturated carbocycles. The molecule has 1 unspecified atom stereocenters. The van der Waals surface area contributed by atoms with Crippen molar-refractivity contribution in [3.05, 3.63) is 34.8 Å². The highest BCUT2D eigenvalue weighted by Crippen LogP contribution is 2.27. The Morgan fingerprint density at radius 1 is 1.15 bits per heavy atom. The number of hydrogen-bond acceptors (Lipinski definition) is 10. The van der Waals surface area contributed by atoms with Gasteiger partial charge in [0.1, 0.15) is 10.9 Å². The predicted octanol–water partition coefficient (Wildman–Crippen LogP) is 1.75. The zero-order chi connectivity index (χ0) is 24.2. The molecule has 0 saturated heterocycles. The Morgan fingerprint density at radius 2 is 1.85 bits per heavy atom. The minimum atomic E-state index is -1.15. The Morgan fingerprint density at radius 3 is 2.48 bits per heavy atom. The fourth-order valence-electron chi connectivity index (χ4n) is 2.71. The number of anilines is 3. The average molecular weight is 481 g/mol. The topological polar surface area (TPSA) is 159 Å². The highest BCUT2D eigenvalue weighted by molar-refractivity contribution is 7.17. The number of aryl methyl sites for hydroxylation is 1. The van der Waals surface area contributed by atoms with Crippen molar-refractivity contribution in [2.24, 2.45) is 0 Å². The van der Waals surface area contributed by atoms with Crippen molar-refractivity contribution in [2.75, 3.05) is 43.6 Å². The fraction of sp³-hybridized carbons (Fsp3) is 0.429. The molecule has 33 heavy (non-hydrogen) atoms. The second-order valence-corrected chi connectivity index (χ2v) is 7.79. The number of benzene rings is 1. The maximum Gasteiger partial charge on any atom is 0.350 e. The molecule has 0 radical (unpaired) electrons. The Hall–Kier alpha value is -3.06. The van der Waals surface area contributed by atoms with Crippen molar-refractivity contribution < 1.29 is 34.1 Å². The van der Waals surface area contributed by atoms with Crippen LogP contribution in [-0.2, 0) is 19.1 Å². The van der Waals surface area contributed by atoms with E-state index >= 15 is 0 Å². The van der Waals surface area contributed by atoms with Crippen molar-refractivity contribution in [3.8, 4) is 0 Å². The van der Waals surface area contributed by atoms with E-state index in [0.29, 0.717) is 27.1 Å². The molecule has 1 amide bonds. The number of nitrogens with zero attached hydrogens (tertiary/aromatic N) is 1. The molecule has 0 aliphatic rings. The number of hydrogen-bond donors (Lipinski definition) is 5. The molecule has 1 aromatic carbocycles. The first-order chi connectivity index (χ1) is 15.8. The van der Waals surface area contributed by atoms with E-state index in [-0.39, 0.29) is 39.4 Å². The third-order valence-corrected chi connectivity index (χ3v) is 5.29. The summed E-state index contributed by atoms with van der Waals surface area (Å²) in [6.07, 6.45) is -0.260. The Balaban J connectivity index is 1.88. The largest absolute Gasteiger partial charge is 0.480 e. The van der Waals surface area contributed by atoms with Crippen molar-refractivity contribution in [1.82, 2.24) is 10.3 Å². The van der Waals surface area contributed by atoms with Crippen LogP contribution in [0, 0.1) is 6.92 Å². The molecule has 2 aromatic rings. The number of carboxylic acid groups (broad SMARTS) is 1. The van der Waals surface area contributed by atoms with Gasteiger partial charge >= 0.3 is 11.9 Å². The summed E-state index contributed by atoms with van der Waals surface area (Å²) in [7, 11) is 0. The number of carboxylic acids is 1. The number of aliphatic hydroxyl groups is 1. The van der Waals surface area contributed by atoms with E-state index in [1.807, 2.05) is 0 Å². The molecule has 1 aromatic heterocycles. The van der Waals surface area contributed by atoms with Gasteiger partial charge in [0, 0.05) is 17.9 Å². The number of carbonyl (C=O) groups excluding carboxylic acids is 2. The summed E-state index contributed by atoms with van der Waals surface area (Å²) in [5.74, 6) is -2.01. The number of aromatic nitrogens is 1. The molecule has 0 spiro atoms. The molecule has 0 fully saturated rings. The van der Waals surface area contributed by atoms with Crippen LogP contribution in [0.3, 0.4) is 0 Å². The van der Waals surface area contributed by atoms with Gasteiger partial charge in [-0.2, -0.15) is 0 Å². The van der Waals surface area contributed by atoms with Gasteiger partial charge in [-0.15, -0.1) is 0 Å². The third-order valence-electron chi connectivity index (χ3n) is 4.24. The summed E-state index contributed by atoms with van der Waals surface area (Å²) >= 11 is 1.19. The van der Waals surface area contributed by atoms with Crippen LogP contribution in [0.1, 0.15) is 28.7 Å². The first-order valence-corrected chi connectivity index (χ1v) is 11.1. The summed E-state index contributed by atoms with van der Waals surface area (Å²) in [5.41, 5.74) is 1.78. The van der Waals surface area contributed by atoms with Crippen molar-refractivity contribution in [1.29, 1.82) is 0 Å². The fourth-order valence-corrected chi connectivity index (χ4v) is 3.59. The van der Waals surface area contributed by atoms with E-state index in [0.717, 1.165) is 0 Å². The van der Waals surface area contributed by atoms with E-state index in [1.165, 1.54) is 11.3 Å². The standard InChI is InChI=1S/C21H28N4O7S/c1-3-32-20(30)18-13(2)23-21(33-18)25-15-6-4-14(5-7-15)24-17(27)12-16(19(28)29)22-8-10-31-11-9-26/h4-7,16,22,26H,3,8-12H2,1-2H3,(H,23,25)(H,24,27)(H,28,29). The van der Waals surface area contributed by atoms with Gasteiger partial charge in [0.25, 0.3) is 0 Å². The van der Waals surface area contributed by atoms with Gasteiger partial charge < -0.3 is 35.6 Å². The molecule has 1 heterocycles. The van der Waals surface area contributed by atoms with Crippen LogP contribution in [-0.4, -0.2) is 72.1 Å². The highest BCUT2D eigenvalue weighted by atomic mass is 32.1. The van der Waals surface area contributed by atoms with Crippen molar-refractivity contribution in [3.63, 3.8) is 0 Å². The molecule has 2 rings (SSSR count). The lowest BCUT2D eigenvalue weighted by atomic mass is 10.2. The van der Waals surface area contributed by atoms with Crippen LogP contribution in [0.15, 0.2) is 24.3 Å². The van der Waals surface area contributed by atoms with E-state index < -0.39 is 23.9 Å². The van der Waals surface area contributed by atoms with Gasteiger partial charge in [-0.3, -0.25) is 9.59 Å². The zero-order valence-corrected chi connectivity index (χ0v) is 19.2. The highest BCUT2D eigenvalue weighted by Gasteiger charge is 2.21. The van der Waals surface area contributed by atoms with Crippen LogP contribution in [0.2, 0.25) is 0 Å². The number of thiazole rings is 1. The maximum absolute atomic E-state index is 12.2. The SMILES string of the molecule is CCOC(=O)c1sc(Nc2ccc(NC(=O)CC(NCCOCCO)C(=O)O)cc2)nc1C. The predicted molar refractivity (Wildman–Crippen MR) is 123 cm³/mol. The number of rotatable bonds is 14. The van der Waals surface area contributed by atoms with Crippen molar-refractivity contribution in [2.45, 2.75) is 26.3 Å². The number of carbonyl (C=O) groups is 3. The van der Waals surface area contributed by atoms with Gasteiger partial charge in [-0.1, -0.05) is 11.3 Å². The van der Waals surface area contributed by atoms with Gasteiger partial charge in [-0.05, 0) is 38.1 Å². The monoisotopic (exact) mass is 480 g/mol. The van der Waals surface area contributed by atoms with Crippen LogP contribution in [0.4, 0.5) is 16.5 Å². The summed E-state index contributed by atoms with van der Waals surface area (Å²) in [5, 5.41) is 27.0. The lowest BCUT2D eigenvalue weighted by Gasteiger charge is -2.14. The molecule has 0 bridgehead atoms. The zero-order valence-electron chi connectivity index (χ0n) is 18.4. The van der Waals surface area contributed by atoms with E-state index in [9.17, 15) is 19.5 Å². The normalized spacial score (nSPS) is 11.6. The van der Waals surface area contributed by atoms with Gasteiger partial charge in [0.05, 0.1) is 38.5 Å². The van der Waals surface area contributed by atoms with Gasteiger partial charge in [0.2, 0.25) is 5.91 Å². The molecule has 11 nitrogen and oxygen atoms in total. The van der Waals surface area contributed by atoms with E-state index in [1.54, 1.807) is 38.1 Å². The number of ether oxygens (including phenoxy) is 2. The second kappa shape index (κ2) is 13.5. The Labute approximate surface area is 195 Å². The van der Waals surface area contributed by atoms with Gasteiger partial charge in [-0.25, -0.2) is 9.78 Å². The summed E-state index contributed by atoms with van der Waals surface area (Å²) < 4.78 is 10.1. The third kappa shape index (κ3) is 8.77. The van der Waals surface area contributed by atoms with E-state index in [4.69, 9.17) is 14.6 Å². The lowest BCUT2D eigenvalue weighted by molar-refractivity contribution is -0.141. The lowest BCUT2D eigenvalue weighted by Crippen LogP contribution is -2.41.